The van der Waals surface area contributed by atoms with E-state index >= 15 is 0 Å². The van der Waals surface area contributed by atoms with Crippen LogP contribution in [0.3, 0.4) is 0 Å². The summed E-state index contributed by atoms with van der Waals surface area (Å²) in [6, 6.07) is -0.196. The van der Waals surface area contributed by atoms with Gasteiger partial charge in [0.25, 0.3) is 0 Å². The fourth-order valence-corrected chi connectivity index (χ4v) is 2.37. The van der Waals surface area contributed by atoms with Crippen LogP contribution in [-0.4, -0.2) is 37.5 Å². The molecule has 25 heavy (non-hydrogen) atoms. The molecule has 0 bridgehead atoms. The molecule has 0 aromatic heterocycles. The average molecular weight is 357 g/mol. The molecule has 0 saturated heterocycles. The summed E-state index contributed by atoms with van der Waals surface area (Å²) in [5.74, 6) is 0. The second-order valence-corrected chi connectivity index (χ2v) is 6.18. The molecule has 2 amide bonds. The van der Waals surface area contributed by atoms with Crippen LogP contribution in [0.2, 0.25) is 0 Å². The van der Waals surface area contributed by atoms with E-state index in [1.165, 1.54) is 0 Å². The van der Waals surface area contributed by atoms with Crippen LogP contribution in [0.25, 0.3) is 0 Å². The van der Waals surface area contributed by atoms with Gasteiger partial charge < -0.3 is 20.1 Å². The largest absolute Gasteiger partial charge is 0.450 e. The summed E-state index contributed by atoms with van der Waals surface area (Å²) in [5.41, 5.74) is 0. The highest BCUT2D eigenvalue weighted by Crippen LogP contribution is 2.11. The van der Waals surface area contributed by atoms with E-state index in [-0.39, 0.29) is 12.1 Å². The molecular formula is C19H36N2O4. The van der Waals surface area contributed by atoms with Gasteiger partial charge in [-0.05, 0) is 32.1 Å². The smallest absolute Gasteiger partial charge is 0.407 e. The summed E-state index contributed by atoms with van der Waals surface area (Å²) in [6.07, 6.45) is 6.28. The van der Waals surface area contributed by atoms with Crippen LogP contribution in [-0.2, 0) is 9.47 Å². The quantitative estimate of drug-likeness (QED) is 0.452. The molecule has 2 unspecified atom stereocenters. The van der Waals surface area contributed by atoms with Gasteiger partial charge in [0.2, 0.25) is 0 Å². The predicted molar refractivity (Wildman–Crippen MR) is 100 cm³/mol. The second-order valence-electron chi connectivity index (χ2n) is 6.18. The van der Waals surface area contributed by atoms with Crippen molar-refractivity contribution in [1.29, 1.82) is 0 Å². The van der Waals surface area contributed by atoms with Gasteiger partial charge in [-0.2, -0.15) is 0 Å². The first kappa shape index (κ1) is 23.5. The molecule has 2 atom stereocenters. The van der Waals surface area contributed by atoms with Crippen molar-refractivity contribution in [3.05, 3.63) is 13.8 Å². The monoisotopic (exact) mass is 356 g/mol. The number of hydrogen-bond donors (Lipinski definition) is 2. The zero-order valence-electron chi connectivity index (χ0n) is 16.0. The molecule has 0 spiro atoms. The minimum absolute atomic E-state index is 0.0980. The van der Waals surface area contributed by atoms with Gasteiger partial charge in [-0.1, -0.05) is 53.4 Å². The first-order valence-electron chi connectivity index (χ1n) is 9.52. The van der Waals surface area contributed by atoms with E-state index in [0.29, 0.717) is 32.5 Å². The number of nitrogens with one attached hydrogen (secondary N) is 2. The Bertz CT molecular complexity index is 318. The summed E-state index contributed by atoms with van der Waals surface area (Å²) in [7, 11) is 0. The SMILES string of the molecule is [CH2]CCC(CC(CC[CH2])NC(=O)OCCCC)NC(=O)OCCCC. The van der Waals surface area contributed by atoms with Crippen molar-refractivity contribution in [2.75, 3.05) is 13.2 Å². The Morgan fingerprint density at radius 3 is 1.56 bits per heavy atom. The van der Waals surface area contributed by atoms with Gasteiger partial charge in [0.15, 0.2) is 0 Å². The number of amides is 2. The van der Waals surface area contributed by atoms with Crippen molar-refractivity contribution in [2.45, 2.75) is 83.7 Å². The van der Waals surface area contributed by atoms with Crippen LogP contribution in [0.4, 0.5) is 9.59 Å². The fourth-order valence-electron chi connectivity index (χ4n) is 2.37. The standard InChI is InChI=1S/C19H36N2O4/c1-5-9-13-24-18(22)20-16(11-7-3)15-17(12-8-4)21-19(23)25-14-10-6-2/h16-17H,3-15H2,1-2H3,(H,20,22)(H,21,23). The lowest BCUT2D eigenvalue weighted by Crippen LogP contribution is -2.43. The minimum Gasteiger partial charge on any atom is -0.450 e. The lowest BCUT2D eigenvalue weighted by molar-refractivity contribution is 0.134. The Labute approximate surface area is 153 Å². The van der Waals surface area contributed by atoms with Gasteiger partial charge in [-0.15, -0.1) is 0 Å². The number of ether oxygens (including phenoxy) is 2. The topological polar surface area (TPSA) is 76.7 Å². The van der Waals surface area contributed by atoms with Gasteiger partial charge in [0.1, 0.15) is 0 Å². The van der Waals surface area contributed by atoms with E-state index in [4.69, 9.17) is 9.47 Å². The van der Waals surface area contributed by atoms with Gasteiger partial charge in [0.05, 0.1) is 13.2 Å². The van der Waals surface area contributed by atoms with Crippen LogP contribution in [0, 0.1) is 13.8 Å². The third-order valence-corrected chi connectivity index (χ3v) is 3.78. The third-order valence-electron chi connectivity index (χ3n) is 3.78. The number of carbonyl (C=O) groups excluding carboxylic acids is 2. The highest BCUT2D eigenvalue weighted by Gasteiger charge is 2.20. The lowest BCUT2D eigenvalue weighted by Gasteiger charge is -2.24. The third kappa shape index (κ3) is 13.5. The molecule has 2 radical (unpaired) electrons. The molecule has 0 aromatic carbocycles. The van der Waals surface area contributed by atoms with Crippen molar-refractivity contribution < 1.29 is 19.1 Å². The number of unbranched alkanes of at least 4 members (excludes halogenated alkanes) is 2. The average Bonchev–Trinajstić information content (AvgIpc) is 2.55. The molecule has 0 aromatic rings. The fraction of sp³-hybridized carbons (Fsp3) is 0.789. The zero-order chi connectivity index (χ0) is 18.9. The highest BCUT2D eigenvalue weighted by atomic mass is 16.6. The molecule has 0 aliphatic carbocycles. The van der Waals surface area contributed by atoms with Crippen molar-refractivity contribution >= 4 is 12.2 Å². The normalized spacial score (nSPS) is 13.0. The van der Waals surface area contributed by atoms with Crippen LogP contribution < -0.4 is 10.6 Å². The van der Waals surface area contributed by atoms with E-state index in [2.05, 4.69) is 24.5 Å². The van der Waals surface area contributed by atoms with Gasteiger partial charge in [0, 0.05) is 12.1 Å². The summed E-state index contributed by atoms with van der Waals surface area (Å²) in [5, 5.41) is 5.76. The first-order chi connectivity index (χ1) is 12.1. The van der Waals surface area contributed by atoms with Gasteiger partial charge in [-0.25, -0.2) is 9.59 Å². The van der Waals surface area contributed by atoms with E-state index in [1.807, 2.05) is 13.8 Å². The molecule has 0 rings (SSSR count). The molecule has 0 aliphatic rings. The molecule has 6 heteroatoms. The van der Waals surface area contributed by atoms with Crippen LogP contribution >= 0.6 is 0 Å². The lowest BCUT2D eigenvalue weighted by atomic mass is 9.99. The number of carbonyl (C=O) groups is 2. The molecule has 6 nitrogen and oxygen atoms in total. The second kappa shape index (κ2) is 16.0. The molecule has 0 fully saturated rings. The Balaban J connectivity index is 4.46. The first-order valence-corrected chi connectivity index (χ1v) is 9.52. The van der Waals surface area contributed by atoms with E-state index in [1.54, 1.807) is 0 Å². The van der Waals surface area contributed by atoms with Gasteiger partial charge in [-0.3, -0.25) is 0 Å². The Kier molecular flexibility index (Phi) is 15.1. The zero-order valence-corrected chi connectivity index (χ0v) is 16.0. The van der Waals surface area contributed by atoms with Crippen molar-refractivity contribution in [3.63, 3.8) is 0 Å². The van der Waals surface area contributed by atoms with Crippen LogP contribution in [0.1, 0.15) is 71.6 Å². The van der Waals surface area contributed by atoms with Crippen molar-refractivity contribution in [3.8, 4) is 0 Å². The predicted octanol–water partition coefficient (Wildman–Crippen LogP) is 4.39. The summed E-state index contributed by atoms with van der Waals surface area (Å²) in [4.78, 5) is 23.7. The van der Waals surface area contributed by atoms with E-state index in [9.17, 15) is 9.59 Å². The van der Waals surface area contributed by atoms with E-state index < -0.39 is 12.2 Å². The van der Waals surface area contributed by atoms with Crippen molar-refractivity contribution in [2.24, 2.45) is 0 Å². The highest BCUT2D eigenvalue weighted by molar-refractivity contribution is 5.68. The Morgan fingerprint density at radius 2 is 1.24 bits per heavy atom. The summed E-state index contributed by atoms with van der Waals surface area (Å²) < 4.78 is 10.3. The summed E-state index contributed by atoms with van der Waals surface area (Å²) in [6.45, 7) is 12.6. The van der Waals surface area contributed by atoms with Gasteiger partial charge >= 0.3 is 12.2 Å². The number of rotatable bonds is 14. The van der Waals surface area contributed by atoms with Crippen LogP contribution in [0.5, 0.6) is 0 Å². The maximum Gasteiger partial charge on any atom is 0.407 e. The Hall–Kier alpha value is -1.46. The number of alkyl carbamates (subject to hydrolysis) is 2. The maximum atomic E-state index is 11.9. The molecular weight excluding hydrogens is 320 g/mol. The Morgan fingerprint density at radius 1 is 0.840 bits per heavy atom. The van der Waals surface area contributed by atoms with Crippen molar-refractivity contribution in [1.82, 2.24) is 10.6 Å². The maximum absolute atomic E-state index is 11.9. The molecule has 0 heterocycles. The number of hydrogen-bond acceptors (Lipinski definition) is 4. The minimum atomic E-state index is -0.411. The summed E-state index contributed by atoms with van der Waals surface area (Å²) >= 11 is 0. The molecule has 0 saturated carbocycles. The molecule has 146 valence electrons. The van der Waals surface area contributed by atoms with E-state index in [0.717, 1.165) is 38.5 Å². The van der Waals surface area contributed by atoms with Crippen LogP contribution in [0.15, 0.2) is 0 Å². The molecule has 0 aliphatic heterocycles. The molecule has 2 N–H and O–H groups in total.